The van der Waals surface area contributed by atoms with Crippen LogP contribution in [-0.4, -0.2) is 25.5 Å². The van der Waals surface area contributed by atoms with Crippen LogP contribution in [-0.2, 0) is 11.3 Å². The van der Waals surface area contributed by atoms with Gasteiger partial charge in [0.1, 0.15) is 0 Å². The van der Waals surface area contributed by atoms with Gasteiger partial charge in [0.15, 0.2) is 5.82 Å². The molecular formula is C21H24ClN5O. The van der Waals surface area contributed by atoms with Crippen LogP contribution in [0.2, 0.25) is 5.02 Å². The summed E-state index contributed by atoms with van der Waals surface area (Å²) in [5, 5.41) is 5.19. The lowest BCUT2D eigenvalue weighted by Crippen LogP contribution is -2.37. The third kappa shape index (κ3) is 3.87. The lowest BCUT2D eigenvalue weighted by atomic mass is 9.88. The normalized spacial score (nSPS) is 15.1. The lowest BCUT2D eigenvalue weighted by molar-refractivity contribution is -0.123. The van der Waals surface area contributed by atoms with Crippen molar-refractivity contribution in [3.63, 3.8) is 0 Å². The molecule has 1 aliphatic rings. The van der Waals surface area contributed by atoms with E-state index in [9.17, 15) is 4.79 Å². The van der Waals surface area contributed by atoms with E-state index in [1.807, 2.05) is 44.2 Å². The molecule has 3 aromatic rings. The molecule has 0 radical (unpaired) electrons. The van der Waals surface area contributed by atoms with Crippen LogP contribution in [0.15, 0.2) is 30.3 Å². The Morgan fingerprint density at radius 3 is 2.71 bits per heavy atom. The van der Waals surface area contributed by atoms with Gasteiger partial charge in [0.05, 0.1) is 6.54 Å². The number of carbonyl (C=O) groups is 1. The van der Waals surface area contributed by atoms with Crippen molar-refractivity contribution in [3.05, 3.63) is 52.6 Å². The molecule has 1 aromatic carbocycles. The number of benzene rings is 1. The molecule has 0 bridgehead atoms. The van der Waals surface area contributed by atoms with E-state index in [0.29, 0.717) is 23.2 Å². The molecule has 7 heteroatoms. The number of carbonyl (C=O) groups excluding carboxylic acids is 1. The number of amides is 1. The second-order valence-electron chi connectivity index (χ2n) is 7.52. The summed E-state index contributed by atoms with van der Waals surface area (Å²) in [5.74, 6) is 1.31. The van der Waals surface area contributed by atoms with Gasteiger partial charge in [-0.15, -0.1) is 5.10 Å². The fourth-order valence-corrected chi connectivity index (χ4v) is 4.11. The molecule has 28 heavy (non-hydrogen) atoms. The van der Waals surface area contributed by atoms with E-state index in [2.05, 4.69) is 15.1 Å². The van der Waals surface area contributed by atoms with Gasteiger partial charge in [0, 0.05) is 28.0 Å². The van der Waals surface area contributed by atoms with Crippen molar-refractivity contribution in [2.75, 3.05) is 4.90 Å². The summed E-state index contributed by atoms with van der Waals surface area (Å²) in [6.07, 6.45) is 5.30. The average Bonchev–Trinajstić information content (AvgIpc) is 3.09. The van der Waals surface area contributed by atoms with Gasteiger partial charge in [0.2, 0.25) is 5.91 Å². The Kier molecular flexibility index (Phi) is 5.31. The van der Waals surface area contributed by atoms with Crippen molar-refractivity contribution >= 4 is 29.0 Å². The predicted molar refractivity (Wildman–Crippen MR) is 109 cm³/mol. The highest BCUT2D eigenvalue weighted by Gasteiger charge is 2.28. The summed E-state index contributed by atoms with van der Waals surface area (Å²) < 4.78 is 1.73. The fraction of sp³-hybridized carbons (Fsp3) is 0.429. The standard InChI is InChI=1S/C21H24ClN5O/c1-14-11-15(2)27-21(23-14)24-19(25-27)13-26(18-10-6-9-17(22)12-18)20(28)16-7-4-3-5-8-16/h6,9-12,16H,3-5,7-8,13H2,1-2H3. The van der Waals surface area contributed by atoms with Crippen molar-refractivity contribution in [1.82, 2.24) is 19.6 Å². The van der Waals surface area contributed by atoms with Gasteiger partial charge in [-0.25, -0.2) is 9.50 Å². The van der Waals surface area contributed by atoms with Gasteiger partial charge >= 0.3 is 0 Å². The largest absolute Gasteiger partial charge is 0.304 e. The first-order valence-corrected chi connectivity index (χ1v) is 10.2. The minimum atomic E-state index is 0.0480. The smallest absolute Gasteiger partial charge is 0.252 e. The molecule has 2 aromatic heterocycles. The molecule has 6 nitrogen and oxygen atoms in total. The molecule has 2 heterocycles. The number of fused-ring (bicyclic) bond motifs is 1. The Balaban J connectivity index is 1.69. The van der Waals surface area contributed by atoms with Crippen molar-refractivity contribution in [3.8, 4) is 0 Å². The number of hydrogen-bond donors (Lipinski definition) is 0. The molecular weight excluding hydrogens is 374 g/mol. The molecule has 146 valence electrons. The molecule has 0 atom stereocenters. The Bertz CT molecular complexity index is 1010. The van der Waals surface area contributed by atoms with E-state index in [1.54, 1.807) is 9.42 Å². The summed E-state index contributed by atoms with van der Waals surface area (Å²) >= 11 is 6.20. The third-order valence-electron chi connectivity index (χ3n) is 5.30. The summed E-state index contributed by atoms with van der Waals surface area (Å²) in [7, 11) is 0. The van der Waals surface area contributed by atoms with Gasteiger partial charge in [-0.2, -0.15) is 4.98 Å². The minimum Gasteiger partial charge on any atom is -0.304 e. The van der Waals surface area contributed by atoms with Crippen LogP contribution in [0.4, 0.5) is 5.69 Å². The van der Waals surface area contributed by atoms with Crippen LogP contribution in [0, 0.1) is 19.8 Å². The zero-order chi connectivity index (χ0) is 19.7. The zero-order valence-corrected chi connectivity index (χ0v) is 17.0. The number of rotatable bonds is 4. The number of aryl methyl sites for hydroxylation is 2. The lowest BCUT2D eigenvalue weighted by Gasteiger charge is -2.28. The zero-order valence-electron chi connectivity index (χ0n) is 16.2. The molecule has 1 aliphatic carbocycles. The SMILES string of the molecule is Cc1cc(C)n2nc(CN(C(=O)C3CCCCC3)c3cccc(Cl)c3)nc2n1. The first kappa shape index (κ1) is 18.9. The van der Waals surface area contributed by atoms with Crippen LogP contribution in [0.5, 0.6) is 0 Å². The first-order chi connectivity index (χ1) is 13.5. The van der Waals surface area contributed by atoms with E-state index < -0.39 is 0 Å². The molecule has 0 spiro atoms. The van der Waals surface area contributed by atoms with Crippen LogP contribution < -0.4 is 4.90 Å². The highest BCUT2D eigenvalue weighted by atomic mass is 35.5. The maximum Gasteiger partial charge on any atom is 0.252 e. The van der Waals surface area contributed by atoms with Crippen molar-refractivity contribution in [2.24, 2.45) is 5.92 Å². The van der Waals surface area contributed by atoms with E-state index in [4.69, 9.17) is 11.6 Å². The summed E-state index contributed by atoms with van der Waals surface area (Å²) in [4.78, 5) is 24.1. The molecule has 0 N–H and O–H groups in total. The second kappa shape index (κ2) is 7.87. The van der Waals surface area contributed by atoms with Crippen LogP contribution in [0.1, 0.15) is 49.3 Å². The number of nitrogens with zero attached hydrogens (tertiary/aromatic N) is 5. The summed E-state index contributed by atoms with van der Waals surface area (Å²) in [6.45, 7) is 4.21. The molecule has 0 saturated heterocycles. The van der Waals surface area contributed by atoms with Crippen LogP contribution >= 0.6 is 11.6 Å². The molecule has 1 fully saturated rings. The predicted octanol–water partition coefficient (Wildman–Crippen LogP) is 4.51. The van der Waals surface area contributed by atoms with Gasteiger partial charge in [-0.1, -0.05) is 36.9 Å². The Hall–Kier alpha value is -2.47. The molecule has 1 amide bonds. The first-order valence-electron chi connectivity index (χ1n) is 9.78. The van der Waals surface area contributed by atoms with Crippen molar-refractivity contribution in [1.29, 1.82) is 0 Å². The van der Waals surface area contributed by atoms with Gasteiger partial charge in [-0.3, -0.25) is 4.79 Å². The molecule has 0 aliphatic heterocycles. The Labute approximate surface area is 169 Å². The van der Waals surface area contributed by atoms with Crippen molar-refractivity contribution in [2.45, 2.75) is 52.5 Å². The Morgan fingerprint density at radius 1 is 1.18 bits per heavy atom. The van der Waals surface area contributed by atoms with E-state index in [0.717, 1.165) is 42.8 Å². The third-order valence-corrected chi connectivity index (χ3v) is 5.54. The van der Waals surface area contributed by atoms with Gasteiger partial charge in [0.25, 0.3) is 5.78 Å². The topological polar surface area (TPSA) is 63.4 Å². The van der Waals surface area contributed by atoms with E-state index in [-0.39, 0.29) is 11.8 Å². The van der Waals surface area contributed by atoms with Gasteiger partial charge < -0.3 is 4.90 Å². The maximum absolute atomic E-state index is 13.4. The van der Waals surface area contributed by atoms with E-state index in [1.165, 1.54) is 6.42 Å². The van der Waals surface area contributed by atoms with Crippen LogP contribution in [0.3, 0.4) is 0 Å². The van der Waals surface area contributed by atoms with Gasteiger partial charge in [-0.05, 0) is 51.0 Å². The van der Waals surface area contributed by atoms with E-state index >= 15 is 0 Å². The summed E-state index contributed by atoms with van der Waals surface area (Å²) in [6, 6.07) is 9.38. The maximum atomic E-state index is 13.4. The number of halogens is 1. The number of aromatic nitrogens is 4. The van der Waals surface area contributed by atoms with Crippen molar-refractivity contribution < 1.29 is 4.79 Å². The number of hydrogen-bond acceptors (Lipinski definition) is 4. The van der Waals surface area contributed by atoms with Crippen LogP contribution in [0.25, 0.3) is 5.78 Å². The number of anilines is 1. The minimum absolute atomic E-state index is 0.0480. The monoisotopic (exact) mass is 397 g/mol. The molecule has 1 saturated carbocycles. The molecule has 4 rings (SSSR count). The highest BCUT2D eigenvalue weighted by Crippen LogP contribution is 2.29. The Morgan fingerprint density at radius 2 is 1.96 bits per heavy atom. The summed E-state index contributed by atoms with van der Waals surface area (Å²) in [5.41, 5.74) is 2.64. The highest BCUT2D eigenvalue weighted by molar-refractivity contribution is 6.30. The fourth-order valence-electron chi connectivity index (χ4n) is 3.93. The molecule has 0 unspecified atom stereocenters. The quantitative estimate of drug-likeness (QED) is 0.649. The second-order valence-corrected chi connectivity index (χ2v) is 7.95. The average molecular weight is 398 g/mol.